The molecule has 150 valence electrons. The van der Waals surface area contributed by atoms with Crippen LogP contribution in [0, 0.1) is 0 Å². The lowest BCUT2D eigenvalue weighted by molar-refractivity contribution is -0.122. The molecule has 0 saturated carbocycles. The van der Waals surface area contributed by atoms with E-state index < -0.39 is 12.1 Å². The van der Waals surface area contributed by atoms with Crippen molar-refractivity contribution in [2.75, 3.05) is 20.6 Å². The van der Waals surface area contributed by atoms with E-state index in [0.29, 0.717) is 11.6 Å². The summed E-state index contributed by atoms with van der Waals surface area (Å²) in [6.07, 6.45) is -0.637. The number of hydrogen-bond acceptors (Lipinski definition) is 4. The Bertz CT molecular complexity index is 783. The van der Waals surface area contributed by atoms with Crippen LogP contribution in [-0.4, -0.2) is 43.6 Å². The molecule has 0 saturated heterocycles. The summed E-state index contributed by atoms with van der Waals surface area (Å²) >= 11 is 6.28. The van der Waals surface area contributed by atoms with Gasteiger partial charge in [-0.15, -0.1) is 0 Å². The second-order valence-electron chi connectivity index (χ2n) is 6.67. The molecule has 6 nitrogen and oxygen atoms in total. The van der Waals surface area contributed by atoms with Crippen LogP contribution in [0.3, 0.4) is 0 Å². The van der Waals surface area contributed by atoms with E-state index >= 15 is 0 Å². The number of hydrogen-bond donors (Lipinski definition) is 2. The first-order valence-electron chi connectivity index (χ1n) is 9.04. The normalized spacial score (nSPS) is 12.9. The predicted octanol–water partition coefficient (Wildman–Crippen LogP) is 3.37. The van der Waals surface area contributed by atoms with Crippen LogP contribution in [0.5, 0.6) is 0 Å². The molecule has 0 fully saturated rings. The maximum absolute atomic E-state index is 12.4. The third-order valence-corrected chi connectivity index (χ3v) is 4.64. The smallest absolute Gasteiger partial charge is 0.408 e. The van der Waals surface area contributed by atoms with Gasteiger partial charge in [-0.1, -0.05) is 60.1 Å². The van der Waals surface area contributed by atoms with E-state index in [0.717, 1.165) is 11.1 Å². The van der Waals surface area contributed by atoms with E-state index in [1.807, 2.05) is 73.6 Å². The molecule has 0 aliphatic rings. The van der Waals surface area contributed by atoms with Crippen LogP contribution in [0.15, 0.2) is 54.6 Å². The minimum Gasteiger partial charge on any atom is -0.445 e. The summed E-state index contributed by atoms with van der Waals surface area (Å²) in [5, 5.41) is 6.04. The third kappa shape index (κ3) is 6.55. The van der Waals surface area contributed by atoms with Gasteiger partial charge in [0, 0.05) is 11.6 Å². The third-order valence-electron chi connectivity index (χ3n) is 4.30. The van der Waals surface area contributed by atoms with Gasteiger partial charge in [-0.25, -0.2) is 4.79 Å². The van der Waals surface area contributed by atoms with Crippen molar-refractivity contribution in [3.63, 3.8) is 0 Å². The van der Waals surface area contributed by atoms with Crippen molar-refractivity contribution in [2.45, 2.75) is 25.6 Å². The number of likely N-dealkylation sites (N-methyl/N-ethyl adjacent to an activating group) is 1. The highest BCUT2D eigenvalue weighted by Crippen LogP contribution is 2.25. The Labute approximate surface area is 170 Å². The molecular weight excluding hydrogens is 378 g/mol. The molecule has 2 aromatic carbocycles. The molecule has 0 bridgehead atoms. The van der Waals surface area contributed by atoms with Crippen molar-refractivity contribution in [2.24, 2.45) is 0 Å². The summed E-state index contributed by atoms with van der Waals surface area (Å²) in [6.45, 7) is 2.12. The second-order valence-corrected chi connectivity index (χ2v) is 7.08. The lowest BCUT2D eigenvalue weighted by Crippen LogP contribution is -2.46. The average molecular weight is 404 g/mol. The van der Waals surface area contributed by atoms with Gasteiger partial charge in [0.15, 0.2) is 0 Å². The zero-order chi connectivity index (χ0) is 20.5. The fourth-order valence-electron chi connectivity index (χ4n) is 2.67. The number of amides is 2. The van der Waals surface area contributed by atoms with Gasteiger partial charge in [0.2, 0.25) is 5.91 Å². The SMILES string of the molecule is CC(NC(=O)OCc1ccccc1)C(=O)NCC(c1ccccc1Cl)N(C)C. The number of carbonyl (C=O) groups excluding carboxylic acids is 2. The molecule has 2 aromatic rings. The van der Waals surface area contributed by atoms with Crippen molar-refractivity contribution in [3.8, 4) is 0 Å². The fourth-order valence-corrected chi connectivity index (χ4v) is 2.94. The van der Waals surface area contributed by atoms with Crippen molar-refractivity contribution in [1.29, 1.82) is 0 Å². The Hall–Kier alpha value is -2.57. The zero-order valence-electron chi connectivity index (χ0n) is 16.3. The number of rotatable bonds is 8. The first-order chi connectivity index (χ1) is 13.4. The van der Waals surface area contributed by atoms with Crippen LogP contribution in [0.1, 0.15) is 24.1 Å². The van der Waals surface area contributed by atoms with Gasteiger partial charge >= 0.3 is 6.09 Å². The molecule has 2 rings (SSSR count). The molecular formula is C21H26ClN3O3. The van der Waals surface area contributed by atoms with Crippen molar-refractivity contribution >= 4 is 23.6 Å². The van der Waals surface area contributed by atoms with E-state index in [1.165, 1.54) is 0 Å². The minimum atomic E-state index is -0.725. The number of ether oxygens (including phenoxy) is 1. The van der Waals surface area contributed by atoms with E-state index in [1.54, 1.807) is 6.92 Å². The average Bonchev–Trinajstić information content (AvgIpc) is 2.68. The molecule has 0 aliphatic heterocycles. The molecule has 0 spiro atoms. The minimum absolute atomic E-state index is 0.0881. The Morgan fingerprint density at radius 3 is 2.36 bits per heavy atom. The molecule has 0 aliphatic carbocycles. The van der Waals surface area contributed by atoms with E-state index in [9.17, 15) is 9.59 Å². The van der Waals surface area contributed by atoms with E-state index in [-0.39, 0.29) is 18.6 Å². The van der Waals surface area contributed by atoms with Crippen LogP contribution in [0.2, 0.25) is 5.02 Å². The lowest BCUT2D eigenvalue weighted by atomic mass is 10.1. The standard InChI is InChI=1S/C21H26ClN3O3/c1-15(24-21(27)28-14-16-9-5-4-6-10-16)20(26)23-13-19(25(2)3)17-11-7-8-12-18(17)22/h4-12,15,19H,13-14H2,1-3H3,(H,23,26)(H,24,27). The number of carbonyl (C=O) groups is 2. The number of nitrogens with one attached hydrogen (secondary N) is 2. The number of halogens is 1. The molecule has 28 heavy (non-hydrogen) atoms. The van der Waals surface area contributed by atoms with Crippen molar-refractivity contribution < 1.29 is 14.3 Å². The quantitative estimate of drug-likeness (QED) is 0.708. The number of nitrogens with zero attached hydrogens (tertiary/aromatic N) is 1. The van der Waals surface area contributed by atoms with Crippen LogP contribution >= 0.6 is 11.6 Å². The Morgan fingerprint density at radius 1 is 1.07 bits per heavy atom. The zero-order valence-corrected chi connectivity index (χ0v) is 17.1. The second kappa shape index (κ2) is 10.7. The largest absolute Gasteiger partial charge is 0.445 e. The molecule has 0 heterocycles. The summed E-state index contributed by atoms with van der Waals surface area (Å²) in [4.78, 5) is 26.2. The molecule has 0 radical (unpaired) electrons. The number of alkyl carbamates (subject to hydrolysis) is 1. The molecule has 2 amide bonds. The molecule has 0 aromatic heterocycles. The molecule has 2 unspecified atom stereocenters. The van der Waals surface area contributed by atoms with Gasteiger partial charge in [0.1, 0.15) is 12.6 Å². The van der Waals surface area contributed by atoms with Gasteiger partial charge in [-0.3, -0.25) is 4.79 Å². The summed E-state index contributed by atoms with van der Waals surface area (Å²) < 4.78 is 5.14. The molecule has 2 atom stereocenters. The summed E-state index contributed by atoms with van der Waals surface area (Å²) in [6, 6.07) is 16.1. The molecule has 7 heteroatoms. The number of benzene rings is 2. The Kier molecular flexibility index (Phi) is 8.29. The van der Waals surface area contributed by atoms with Crippen molar-refractivity contribution in [1.82, 2.24) is 15.5 Å². The lowest BCUT2D eigenvalue weighted by Gasteiger charge is -2.26. The van der Waals surface area contributed by atoms with Gasteiger partial charge in [0.05, 0.1) is 6.04 Å². The van der Waals surface area contributed by atoms with Crippen LogP contribution in [-0.2, 0) is 16.1 Å². The summed E-state index contributed by atoms with van der Waals surface area (Å²) in [5.41, 5.74) is 1.81. The fraction of sp³-hybridized carbons (Fsp3) is 0.333. The van der Waals surface area contributed by atoms with E-state index in [2.05, 4.69) is 10.6 Å². The van der Waals surface area contributed by atoms with E-state index in [4.69, 9.17) is 16.3 Å². The van der Waals surface area contributed by atoms with Crippen LogP contribution in [0.4, 0.5) is 4.79 Å². The summed E-state index contributed by atoms with van der Waals surface area (Å²) in [7, 11) is 3.84. The molecule has 2 N–H and O–H groups in total. The topological polar surface area (TPSA) is 70.7 Å². The van der Waals surface area contributed by atoms with Crippen LogP contribution < -0.4 is 10.6 Å². The van der Waals surface area contributed by atoms with Gasteiger partial charge in [-0.05, 0) is 38.2 Å². The monoisotopic (exact) mass is 403 g/mol. The highest BCUT2D eigenvalue weighted by atomic mass is 35.5. The van der Waals surface area contributed by atoms with Gasteiger partial charge in [0.25, 0.3) is 0 Å². The van der Waals surface area contributed by atoms with Gasteiger partial charge in [-0.2, -0.15) is 0 Å². The highest BCUT2D eigenvalue weighted by Gasteiger charge is 2.21. The first-order valence-corrected chi connectivity index (χ1v) is 9.42. The van der Waals surface area contributed by atoms with Gasteiger partial charge < -0.3 is 20.3 Å². The first kappa shape index (κ1) is 21.7. The summed E-state index contributed by atoms with van der Waals surface area (Å²) in [5.74, 6) is -0.296. The Morgan fingerprint density at radius 2 is 1.71 bits per heavy atom. The van der Waals surface area contributed by atoms with Crippen LogP contribution in [0.25, 0.3) is 0 Å². The Balaban J connectivity index is 1.83. The van der Waals surface area contributed by atoms with Crippen molar-refractivity contribution in [3.05, 3.63) is 70.7 Å². The maximum Gasteiger partial charge on any atom is 0.408 e. The predicted molar refractivity (Wildman–Crippen MR) is 110 cm³/mol. The maximum atomic E-state index is 12.4. The highest BCUT2D eigenvalue weighted by molar-refractivity contribution is 6.31.